The Morgan fingerprint density at radius 3 is 2.50 bits per heavy atom. The normalized spacial score (nSPS) is 14.1. The van der Waals surface area contributed by atoms with E-state index in [1.807, 2.05) is 13.0 Å². The van der Waals surface area contributed by atoms with Crippen LogP contribution < -0.4 is 10.6 Å². The molecule has 3 heteroatoms. The summed E-state index contributed by atoms with van der Waals surface area (Å²) in [6, 6.07) is 5.75. The van der Waals surface area contributed by atoms with Crippen LogP contribution in [-0.4, -0.2) is 18.6 Å². The average Bonchev–Trinajstić information content (AvgIpc) is 2.41. The smallest absolute Gasteiger partial charge is 0.128 e. The molecule has 1 aromatic carbocycles. The molecule has 0 aliphatic heterocycles. The van der Waals surface area contributed by atoms with E-state index in [4.69, 9.17) is 5.73 Å². The van der Waals surface area contributed by atoms with Gasteiger partial charge in [-0.3, -0.25) is 0 Å². The van der Waals surface area contributed by atoms with Gasteiger partial charge in [0.15, 0.2) is 0 Å². The van der Waals surface area contributed by atoms with Crippen LogP contribution in [0.1, 0.15) is 52.5 Å². The maximum atomic E-state index is 14.2. The Labute approximate surface area is 123 Å². The molecule has 20 heavy (non-hydrogen) atoms. The SMILES string of the molecule is CCCCN(c1cccc(F)c1CC(C)N)C(C)CC. The fourth-order valence-corrected chi connectivity index (χ4v) is 2.47. The maximum absolute atomic E-state index is 14.2. The van der Waals surface area contributed by atoms with E-state index in [9.17, 15) is 4.39 Å². The molecule has 1 aromatic rings. The van der Waals surface area contributed by atoms with Crippen LogP contribution in [0.15, 0.2) is 18.2 Å². The van der Waals surface area contributed by atoms with E-state index < -0.39 is 0 Å². The molecule has 1 rings (SSSR count). The topological polar surface area (TPSA) is 29.3 Å². The third-order valence-electron chi connectivity index (χ3n) is 3.81. The monoisotopic (exact) mass is 280 g/mol. The zero-order valence-electron chi connectivity index (χ0n) is 13.3. The van der Waals surface area contributed by atoms with Gasteiger partial charge in [-0.05, 0) is 45.2 Å². The predicted molar refractivity (Wildman–Crippen MR) is 85.8 cm³/mol. The molecule has 114 valence electrons. The van der Waals surface area contributed by atoms with Crippen molar-refractivity contribution in [3.8, 4) is 0 Å². The summed E-state index contributed by atoms with van der Waals surface area (Å²) in [5.41, 5.74) is 7.67. The van der Waals surface area contributed by atoms with Crippen LogP contribution in [0.5, 0.6) is 0 Å². The fourth-order valence-electron chi connectivity index (χ4n) is 2.47. The molecular weight excluding hydrogens is 251 g/mol. The minimum atomic E-state index is -0.135. The lowest BCUT2D eigenvalue weighted by molar-refractivity contribution is 0.571. The van der Waals surface area contributed by atoms with Gasteiger partial charge in [0.1, 0.15) is 5.82 Å². The number of hydrogen-bond donors (Lipinski definition) is 1. The molecule has 0 aliphatic carbocycles. The van der Waals surface area contributed by atoms with Gasteiger partial charge in [-0.25, -0.2) is 4.39 Å². The van der Waals surface area contributed by atoms with Crippen molar-refractivity contribution in [1.82, 2.24) is 0 Å². The summed E-state index contributed by atoms with van der Waals surface area (Å²) in [5, 5.41) is 0. The Hall–Kier alpha value is -1.09. The van der Waals surface area contributed by atoms with Crippen molar-refractivity contribution in [3.63, 3.8) is 0 Å². The van der Waals surface area contributed by atoms with Gasteiger partial charge in [-0.1, -0.05) is 26.3 Å². The van der Waals surface area contributed by atoms with E-state index in [2.05, 4.69) is 25.7 Å². The van der Waals surface area contributed by atoms with Crippen molar-refractivity contribution >= 4 is 5.69 Å². The van der Waals surface area contributed by atoms with Gasteiger partial charge in [-0.2, -0.15) is 0 Å². The Bertz CT molecular complexity index is 404. The molecule has 2 unspecified atom stereocenters. The molecule has 2 N–H and O–H groups in total. The van der Waals surface area contributed by atoms with Crippen LogP contribution >= 0.6 is 0 Å². The van der Waals surface area contributed by atoms with Crippen molar-refractivity contribution in [2.24, 2.45) is 5.73 Å². The Kier molecular flexibility index (Phi) is 7.00. The van der Waals surface area contributed by atoms with Crippen molar-refractivity contribution < 1.29 is 4.39 Å². The van der Waals surface area contributed by atoms with Crippen LogP contribution in [0, 0.1) is 5.82 Å². The summed E-state index contributed by atoms with van der Waals surface area (Å²) >= 11 is 0. The van der Waals surface area contributed by atoms with Gasteiger partial charge in [0.2, 0.25) is 0 Å². The molecule has 0 aromatic heterocycles. The highest BCUT2D eigenvalue weighted by Gasteiger charge is 2.19. The first-order valence-electron chi connectivity index (χ1n) is 7.80. The predicted octanol–water partition coefficient (Wildman–Crippen LogP) is 4.12. The summed E-state index contributed by atoms with van der Waals surface area (Å²) in [5.74, 6) is -0.135. The van der Waals surface area contributed by atoms with E-state index in [1.165, 1.54) is 6.07 Å². The van der Waals surface area contributed by atoms with Crippen LogP contribution in [0.2, 0.25) is 0 Å². The Balaban J connectivity index is 3.13. The van der Waals surface area contributed by atoms with E-state index >= 15 is 0 Å². The van der Waals surface area contributed by atoms with Crippen molar-refractivity contribution in [1.29, 1.82) is 0 Å². The zero-order chi connectivity index (χ0) is 15.1. The molecule has 0 fully saturated rings. The first-order valence-corrected chi connectivity index (χ1v) is 7.80. The van der Waals surface area contributed by atoms with Crippen LogP contribution in [0.3, 0.4) is 0 Å². The molecule has 0 amide bonds. The number of benzene rings is 1. The van der Waals surface area contributed by atoms with E-state index in [0.717, 1.165) is 37.1 Å². The third kappa shape index (κ3) is 4.48. The Morgan fingerprint density at radius 1 is 1.25 bits per heavy atom. The maximum Gasteiger partial charge on any atom is 0.128 e. The fraction of sp³-hybridized carbons (Fsp3) is 0.647. The molecule has 0 saturated carbocycles. The Morgan fingerprint density at radius 2 is 1.95 bits per heavy atom. The first kappa shape index (κ1) is 17.0. The van der Waals surface area contributed by atoms with Gasteiger partial charge in [0.25, 0.3) is 0 Å². The number of rotatable bonds is 8. The quantitative estimate of drug-likeness (QED) is 0.776. The minimum absolute atomic E-state index is 0.0318. The summed E-state index contributed by atoms with van der Waals surface area (Å²) in [4.78, 5) is 2.34. The van der Waals surface area contributed by atoms with Gasteiger partial charge in [0.05, 0.1) is 0 Å². The zero-order valence-corrected chi connectivity index (χ0v) is 13.3. The van der Waals surface area contributed by atoms with Gasteiger partial charge in [-0.15, -0.1) is 0 Å². The molecule has 0 spiro atoms. The van der Waals surface area contributed by atoms with Crippen LogP contribution in [0.25, 0.3) is 0 Å². The molecule has 0 bridgehead atoms. The van der Waals surface area contributed by atoms with Gasteiger partial charge in [0, 0.05) is 29.9 Å². The summed E-state index contributed by atoms with van der Waals surface area (Å²) in [7, 11) is 0. The number of unbranched alkanes of at least 4 members (excludes halogenated alkanes) is 1. The highest BCUT2D eigenvalue weighted by Crippen LogP contribution is 2.27. The number of hydrogen-bond acceptors (Lipinski definition) is 2. The second-order valence-corrected chi connectivity index (χ2v) is 5.72. The summed E-state index contributed by atoms with van der Waals surface area (Å²) in [6.07, 6.45) is 3.91. The number of nitrogens with two attached hydrogens (primary N) is 1. The van der Waals surface area contributed by atoms with Gasteiger partial charge >= 0.3 is 0 Å². The molecule has 0 saturated heterocycles. The number of anilines is 1. The summed E-state index contributed by atoms with van der Waals surface area (Å²) < 4.78 is 14.2. The number of nitrogens with zero attached hydrogens (tertiary/aromatic N) is 1. The molecule has 0 radical (unpaired) electrons. The van der Waals surface area contributed by atoms with E-state index in [0.29, 0.717) is 12.5 Å². The minimum Gasteiger partial charge on any atom is -0.369 e. The number of halogens is 1. The van der Waals surface area contributed by atoms with E-state index in [-0.39, 0.29) is 11.9 Å². The second-order valence-electron chi connectivity index (χ2n) is 5.72. The van der Waals surface area contributed by atoms with Crippen molar-refractivity contribution in [2.75, 3.05) is 11.4 Å². The lowest BCUT2D eigenvalue weighted by Gasteiger charge is -2.33. The van der Waals surface area contributed by atoms with Crippen molar-refractivity contribution in [2.45, 2.75) is 65.5 Å². The lowest BCUT2D eigenvalue weighted by atomic mass is 10.0. The molecule has 2 atom stereocenters. The van der Waals surface area contributed by atoms with Crippen LogP contribution in [-0.2, 0) is 6.42 Å². The molecular formula is C17H29FN2. The summed E-state index contributed by atoms with van der Waals surface area (Å²) in [6.45, 7) is 9.46. The third-order valence-corrected chi connectivity index (χ3v) is 3.81. The van der Waals surface area contributed by atoms with E-state index in [1.54, 1.807) is 6.07 Å². The molecule has 0 aliphatic rings. The molecule has 0 heterocycles. The average molecular weight is 280 g/mol. The van der Waals surface area contributed by atoms with Crippen LogP contribution in [0.4, 0.5) is 10.1 Å². The lowest BCUT2D eigenvalue weighted by Crippen LogP contribution is -2.35. The van der Waals surface area contributed by atoms with Crippen molar-refractivity contribution in [3.05, 3.63) is 29.6 Å². The second kappa shape index (κ2) is 8.25. The highest BCUT2D eigenvalue weighted by molar-refractivity contribution is 5.55. The first-order chi connectivity index (χ1) is 9.51. The molecule has 2 nitrogen and oxygen atoms in total. The standard InChI is InChI=1S/C17H29FN2/c1-5-7-11-20(14(4)6-2)17-10-8-9-16(18)15(17)12-13(3)19/h8-10,13-14H,5-7,11-12,19H2,1-4H3. The highest BCUT2D eigenvalue weighted by atomic mass is 19.1. The van der Waals surface area contributed by atoms with Gasteiger partial charge < -0.3 is 10.6 Å². The largest absolute Gasteiger partial charge is 0.369 e.